The molecule has 1 saturated heterocycles. The maximum atomic E-state index is 14.0. The molecule has 2 heterocycles. The molecule has 1 aliphatic heterocycles. The fourth-order valence-electron chi connectivity index (χ4n) is 3.30. The Labute approximate surface area is 175 Å². The highest BCUT2D eigenvalue weighted by atomic mass is 32.2. The number of aliphatic imine (C=N–C) groups is 1. The monoisotopic (exact) mass is 440 g/mol. The van der Waals surface area contributed by atoms with Crippen LogP contribution in [0.3, 0.4) is 0 Å². The maximum absolute atomic E-state index is 14.0. The Morgan fingerprint density at radius 1 is 1.13 bits per heavy atom. The van der Waals surface area contributed by atoms with E-state index in [4.69, 9.17) is 0 Å². The van der Waals surface area contributed by atoms with Gasteiger partial charge in [-0.15, -0.1) is 0 Å². The molecule has 0 unspecified atom stereocenters. The minimum Gasteiger partial charge on any atom is -0.366 e. The van der Waals surface area contributed by atoms with Gasteiger partial charge in [0.05, 0.1) is 10.6 Å². The first-order chi connectivity index (χ1) is 14.3. The molecule has 0 amide bonds. The van der Waals surface area contributed by atoms with Gasteiger partial charge in [-0.05, 0) is 18.2 Å². The third-order valence-corrected chi connectivity index (χ3v) is 6.30. The molecule has 1 aromatic heterocycles. The lowest BCUT2D eigenvalue weighted by molar-refractivity contribution is 0.371. The van der Waals surface area contributed by atoms with Crippen molar-refractivity contribution in [3.8, 4) is 0 Å². The van der Waals surface area contributed by atoms with Crippen molar-refractivity contribution in [3.63, 3.8) is 0 Å². The number of halogens is 2. The number of anilines is 1. The van der Waals surface area contributed by atoms with Crippen molar-refractivity contribution in [2.45, 2.75) is 4.90 Å². The predicted octanol–water partition coefficient (Wildman–Crippen LogP) is 0.979. The molecule has 0 aliphatic carbocycles. The van der Waals surface area contributed by atoms with E-state index in [0.717, 1.165) is 12.1 Å². The summed E-state index contributed by atoms with van der Waals surface area (Å²) in [4.78, 5) is 8.25. The SMILES string of the molecule is CN=C(NCCNS(=O)(=O)c1ccn(C)c1)N1CCN(c2cc(F)ccc2F)CC1. The maximum Gasteiger partial charge on any atom is 0.242 e. The van der Waals surface area contributed by atoms with Gasteiger partial charge < -0.3 is 19.7 Å². The second kappa shape index (κ2) is 9.43. The van der Waals surface area contributed by atoms with Gasteiger partial charge in [-0.3, -0.25) is 4.99 Å². The smallest absolute Gasteiger partial charge is 0.242 e. The van der Waals surface area contributed by atoms with E-state index in [-0.39, 0.29) is 17.1 Å². The fourth-order valence-corrected chi connectivity index (χ4v) is 4.38. The lowest BCUT2D eigenvalue weighted by Crippen LogP contribution is -2.53. The number of benzene rings is 1. The van der Waals surface area contributed by atoms with Crippen LogP contribution in [0.4, 0.5) is 14.5 Å². The molecule has 2 aromatic rings. The van der Waals surface area contributed by atoms with Gasteiger partial charge in [0.25, 0.3) is 0 Å². The number of rotatable bonds is 6. The van der Waals surface area contributed by atoms with Crippen molar-refractivity contribution in [2.24, 2.45) is 12.0 Å². The second-order valence-corrected chi connectivity index (χ2v) is 8.72. The van der Waals surface area contributed by atoms with Crippen molar-refractivity contribution in [3.05, 3.63) is 48.3 Å². The average Bonchev–Trinajstić information content (AvgIpc) is 3.17. The lowest BCUT2D eigenvalue weighted by atomic mass is 10.2. The summed E-state index contributed by atoms with van der Waals surface area (Å²) < 4.78 is 56.1. The molecule has 1 fully saturated rings. The van der Waals surface area contributed by atoms with Crippen molar-refractivity contribution in [1.29, 1.82) is 0 Å². The molecule has 3 rings (SSSR count). The summed E-state index contributed by atoms with van der Waals surface area (Å²) in [5.41, 5.74) is 0.257. The van der Waals surface area contributed by atoms with E-state index in [2.05, 4.69) is 15.0 Å². The standard InChI is InChI=1S/C19H26F2N6O2S/c1-22-19(23-6-7-24-30(28,29)16-5-8-25(2)14-16)27-11-9-26(10-12-27)18-13-15(20)3-4-17(18)21/h3-5,8,13-14,24H,6-7,9-12H2,1-2H3,(H,22,23). The van der Waals surface area contributed by atoms with E-state index in [0.29, 0.717) is 38.7 Å². The molecule has 0 atom stereocenters. The molecule has 1 aliphatic rings. The van der Waals surface area contributed by atoms with Gasteiger partial charge in [-0.2, -0.15) is 0 Å². The van der Waals surface area contributed by atoms with Crippen molar-refractivity contribution in [2.75, 3.05) is 51.2 Å². The zero-order chi connectivity index (χ0) is 21.7. The minimum absolute atomic E-state index is 0.199. The number of hydrogen-bond acceptors (Lipinski definition) is 4. The van der Waals surface area contributed by atoms with Crippen LogP contribution in [0, 0.1) is 11.6 Å². The topological polar surface area (TPSA) is 82.0 Å². The molecule has 2 N–H and O–H groups in total. The van der Waals surface area contributed by atoms with Crippen LogP contribution in [0.25, 0.3) is 0 Å². The first-order valence-corrected chi connectivity index (χ1v) is 11.1. The molecule has 1 aromatic carbocycles. The van der Waals surface area contributed by atoms with Crippen molar-refractivity contribution >= 4 is 21.7 Å². The van der Waals surface area contributed by atoms with Crippen molar-refractivity contribution in [1.82, 2.24) is 19.5 Å². The van der Waals surface area contributed by atoms with Crippen LogP contribution in [0.1, 0.15) is 0 Å². The third kappa shape index (κ3) is 5.28. The summed E-state index contributed by atoms with van der Waals surface area (Å²) in [7, 11) is -0.147. The van der Waals surface area contributed by atoms with Gasteiger partial charge >= 0.3 is 0 Å². The first kappa shape index (κ1) is 22.0. The molecule has 0 spiro atoms. The number of aryl methyl sites for hydroxylation is 1. The number of sulfonamides is 1. The molecule has 0 radical (unpaired) electrons. The highest BCUT2D eigenvalue weighted by molar-refractivity contribution is 7.89. The molecule has 8 nitrogen and oxygen atoms in total. The van der Waals surface area contributed by atoms with E-state index in [1.165, 1.54) is 18.3 Å². The summed E-state index contributed by atoms with van der Waals surface area (Å²) in [6.45, 7) is 2.74. The third-order valence-electron chi connectivity index (χ3n) is 4.86. The Balaban J connectivity index is 1.47. The van der Waals surface area contributed by atoms with Gasteiger partial charge in [0.15, 0.2) is 5.96 Å². The molecule has 0 saturated carbocycles. The van der Waals surface area contributed by atoms with Crippen LogP contribution in [-0.2, 0) is 17.1 Å². The second-order valence-electron chi connectivity index (χ2n) is 6.95. The zero-order valence-corrected chi connectivity index (χ0v) is 17.8. The first-order valence-electron chi connectivity index (χ1n) is 9.57. The van der Waals surface area contributed by atoms with Gasteiger partial charge in [0, 0.05) is 71.8 Å². The van der Waals surface area contributed by atoms with E-state index in [9.17, 15) is 17.2 Å². The van der Waals surface area contributed by atoms with Crippen molar-refractivity contribution < 1.29 is 17.2 Å². The Kier molecular flexibility index (Phi) is 6.93. The summed E-state index contributed by atoms with van der Waals surface area (Å²) >= 11 is 0. The van der Waals surface area contributed by atoms with Crippen LogP contribution in [0.2, 0.25) is 0 Å². The Morgan fingerprint density at radius 2 is 1.87 bits per heavy atom. The molecule has 0 bridgehead atoms. The molecule has 11 heteroatoms. The quantitative estimate of drug-likeness (QED) is 0.398. The van der Waals surface area contributed by atoms with Crippen LogP contribution in [0.5, 0.6) is 0 Å². The van der Waals surface area contributed by atoms with Crippen LogP contribution < -0.4 is 14.9 Å². The van der Waals surface area contributed by atoms with Crippen LogP contribution in [-0.4, -0.2) is 70.2 Å². The summed E-state index contributed by atoms with van der Waals surface area (Å²) in [6.07, 6.45) is 3.21. The number of aromatic nitrogens is 1. The Morgan fingerprint density at radius 3 is 2.50 bits per heavy atom. The Bertz CT molecular complexity index is 1000. The van der Waals surface area contributed by atoms with Gasteiger partial charge in [0.2, 0.25) is 10.0 Å². The van der Waals surface area contributed by atoms with E-state index in [1.54, 1.807) is 29.8 Å². The highest BCUT2D eigenvalue weighted by Crippen LogP contribution is 2.21. The highest BCUT2D eigenvalue weighted by Gasteiger charge is 2.22. The zero-order valence-electron chi connectivity index (χ0n) is 17.0. The Hall–Kier alpha value is -2.66. The van der Waals surface area contributed by atoms with Crippen LogP contribution >= 0.6 is 0 Å². The van der Waals surface area contributed by atoms with E-state index < -0.39 is 21.7 Å². The number of guanidine groups is 1. The number of nitrogens with one attached hydrogen (secondary N) is 2. The average molecular weight is 441 g/mol. The van der Waals surface area contributed by atoms with Gasteiger partial charge in [-0.1, -0.05) is 0 Å². The van der Waals surface area contributed by atoms with E-state index in [1.807, 2.05) is 4.90 Å². The number of piperazine rings is 1. The predicted molar refractivity (Wildman–Crippen MR) is 112 cm³/mol. The molecular weight excluding hydrogens is 414 g/mol. The number of hydrogen-bond donors (Lipinski definition) is 2. The normalized spacial score (nSPS) is 15.5. The summed E-state index contributed by atoms with van der Waals surface area (Å²) in [6, 6.07) is 4.98. The minimum atomic E-state index is -3.55. The van der Waals surface area contributed by atoms with Gasteiger partial charge in [-0.25, -0.2) is 21.9 Å². The number of nitrogens with zero attached hydrogens (tertiary/aromatic N) is 4. The lowest BCUT2D eigenvalue weighted by Gasteiger charge is -2.37. The fraction of sp³-hybridized carbons (Fsp3) is 0.421. The molecule has 30 heavy (non-hydrogen) atoms. The van der Waals surface area contributed by atoms with E-state index >= 15 is 0 Å². The van der Waals surface area contributed by atoms with Crippen LogP contribution in [0.15, 0.2) is 46.5 Å². The molecule has 164 valence electrons. The van der Waals surface area contributed by atoms with Gasteiger partial charge in [0.1, 0.15) is 11.6 Å². The molecular formula is C19H26F2N6O2S. The summed E-state index contributed by atoms with van der Waals surface area (Å²) in [5.74, 6) is -0.282. The summed E-state index contributed by atoms with van der Waals surface area (Å²) in [5, 5.41) is 3.13. The largest absolute Gasteiger partial charge is 0.366 e.